The van der Waals surface area contributed by atoms with Gasteiger partial charge in [0.05, 0.1) is 34.9 Å². The van der Waals surface area contributed by atoms with Crippen LogP contribution in [0.5, 0.6) is 11.5 Å². The summed E-state index contributed by atoms with van der Waals surface area (Å²) in [4.78, 5) is 27.6. The Morgan fingerprint density at radius 3 is 2.46 bits per heavy atom. The van der Waals surface area contributed by atoms with Gasteiger partial charge in [-0.2, -0.15) is 0 Å². The van der Waals surface area contributed by atoms with Crippen LogP contribution in [0, 0.1) is 11.6 Å². The van der Waals surface area contributed by atoms with Gasteiger partial charge in [-0.3, -0.25) is 9.69 Å². The predicted molar refractivity (Wildman–Crippen MR) is 167 cm³/mol. The highest BCUT2D eigenvalue weighted by Gasteiger charge is 2.58. The predicted octanol–water partition coefficient (Wildman–Crippen LogP) is 5.73. The van der Waals surface area contributed by atoms with Gasteiger partial charge < -0.3 is 30.2 Å². The van der Waals surface area contributed by atoms with E-state index in [0.29, 0.717) is 5.56 Å². The summed E-state index contributed by atoms with van der Waals surface area (Å²) in [5.41, 5.74) is 2.04. The van der Waals surface area contributed by atoms with Crippen LogP contribution in [0.1, 0.15) is 62.5 Å². The van der Waals surface area contributed by atoms with Gasteiger partial charge in [0.15, 0.2) is 17.2 Å². The second-order valence-electron chi connectivity index (χ2n) is 13.2. The summed E-state index contributed by atoms with van der Waals surface area (Å²) in [5, 5.41) is 20.5. The molecule has 1 fully saturated rings. The first kappa shape index (κ1) is 33.4. The molecule has 46 heavy (non-hydrogen) atoms. The van der Waals surface area contributed by atoms with Crippen molar-refractivity contribution in [2.45, 2.75) is 76.4 Å². The molecule has 4 atom stereocenters. The first-order valence-corrected chi connectivity index (χ1v) is 15.2. The van der Waals surface area contributed by atoms with Crippen LogP contribution in [0.25, 0.3) is 11.1 Å². The number of nitrogens with zero attached hydrogens (tertiary/aromatic N) is 1. The summed E-state index contributed by atoms with van der Waals surface area (Å²) < 4.78 is 49.8. The molecule has 4 N–H and O–H groups in total. The lowest BCUT2D eigenvalue weighted by Gasteiger charge is -2.40. The average Bonchev–Trinajstić information content (AvgIpc) is 3.50. The maximum Gasteiger partial charge on any atom is 0.410 e. The van der Waals surface area contributed by atoms with Crippen molar-refractivity contribution in [1.29, 1.82) is 0 Å². The van der Waals surface area contributed by atoms with Gasteiger partial charge in [-0.15, -0.1) is 0 Å². The minimum Gasteiger partial charge on any atom is -0.488 e. The number of likely N-dealkylation sites (tertiary alicyclic amines) is 1. The Morgan fingerprint density at radius 1 is 1.17 bits per heavy atom. The first-order chi connectivity index (χ1) is 21.4. The molecule has 2 aliphatic rings. The molecule has 3 aromatic carbocycles. The van der Waals surface area contributed by atoms with Crippen molar-refractivity contribution < 1.29 is 42.8 Å². The molecule has 2 heterocycles. The molecule has 0 aliphatic carbocycles. The van der Waals surface area contributed by atoms with Crippen molar-refractivity contribution in [3.8, 4) is 22.6 Å². The van der Waals surface area contributed by atoms with Gasteiger partial charge in [0, 0.05) is 35.6 Å². The van der Waals surface area contributed by atoms with Crippen LogP contribution in [0.4, 0.5) is 13.6 Å². The van der Waals surface area contributed by atoms with Gasteiger partial charge in [-0.25, -0.2) is 13.6 Å². The molecule has 5 rings (SSSR count). The van der Waals surface area contributed by atoms with E-state index in [1.54, 1.807) is 58.0 Å². The molecule has 2 unspecified atom stereocenters. The van der Waals surface area contributed by atoms with Crippen molar-refractivity contribution in [2.24, 2.45) is 5.73 Å². The number of hydrogen-bond donors (Lipinski definition) is 3. The van der Waals surface area contributed by atoms with E-state index in [-0.39, 0.29) is 54.2 Å². The molecular weight excluding hydrogens is 622 g/mol. The smallest absolute Gasteiger partial charge is 0.410 e. The van der Waals surface area contributed by atoms with Crippen molar-refractivity contribution in [1.82, 2.24) is 4.90 Å². The molecule has 9 nitrogen and oxygen atoms in total. The van der Waals surface area contributed by atoms with Crippen LogP contribution >= 0.6 is 11.6 Å². The highest BCUT2D eigenvalue weighted by molar-refractivity contribution is 6.34. The van der Waals surface area contributed by atoms with Gasteiger partial charge in [0.2, 0.25) is 5.91 Å². The maximum atomic E-state index is 16.3. The van der Waals surface area contributed by atoms with Crippen molar-refractivity contribution in [3.05, 3.63) is 81.9 Å². The monoisotopic (exact) mass is 658 g/mol. The van der Waals surface area contributed by atoms with E-state index in [1.807, 2.05) is 0 Å². The second kappa shape index (κ2) is 12.0. The summed E-state index contributed by atoms with van der Waals surface area (Å²) >= 11 is 6.58. The van der Waals surface area contributed by atoms with E-state index in [9.17, 15) is 19.8 Å². The Bertz CT molecular complexity index is 1680. The largest absolute Gasteiger partial charge is 0.488 e. The summed E-state index contributed by atoms with van der Waals surface area (Å²) in [6.45, 7) is 7.89. The number of aliphatic hydroxyl groups excluding tert-OH is 1. The summed E-state index contributed by atoms with van der Waals surface area (Å²) in [7, 11) is 0. The number of carbonyl (C=O) groups is 2. The van der Waals surface area contributed by atoms with Crippen LogP contribution in [-0.4, -0.2) is 63.6 Å². The van der Waals surface area contributed by atoms with E-state index in [2.05, 4.69) is 0 Å². The van der Waals surface area contributed by atoms with Crippen molar-refractivity contribution >= 4 is 23.6 Å². The minimum atomic E-state index is -1.43. The molecule has 0 spiro atoms. The van der Waals surface area contributed by atoms with E-state index < -0.39 is 63.2 Å². The molecule has 12 heteroatoms. The Morgan fingerprint density at radius 2 is 1.85 bits per heavy atom. The normalized spacial score (nSPS) is 23.1. The van der Waals surface area contributed by atoms with Crippen LogP contribution in [0.15, 0.2) is 48.5 Å². The zero-order chi connectivity index (χ0) is 33.8. The van der Waals surface area contributed by atoms with Crippen LogP contribution in [-0.2, 0) is 16.8 Å². The minimum absolute atomic E-state index is 0.00144. The lowest BCUT2D eigenvalue weighted by atomic mass is 9.78. The summed E-state index contributed by atoms with van der Waals surface area (Å²) in [6, 6.07) is 11.6. The van der Waals surface area contributed by atoms with E-state index in [4.69, 9.17) is 31.5 Å². The number of carbonyl (C=O) groups excluding carboxylic acids is 2. The van der Waals surface area contributed by atoms with Gasteiger partial charge in [0.1, 0.15) is 23.8 Å². The third-order valence-electron chi connectivity index (χ3n) is 8.07. The summed E-state index contributed by atoms with van der Waals surface area (Å²) in [5.74, 6) is -3.30. The lowest BCUT2D eigenvalue weighted by Crippen LogP contribution is -2.53. The van der Waals surface area contributed by atoms with E-state index in [0.717, 1.165) is 6.07 Å². The molecular formula is C34H37ClF2N2O7. The van der Waals surface area contributed by atoms with Gasteiger partial charge >= 0.3 is 6.09 Å². The third kappa shape index (κ3) is 6.23. The van der Waals surface area contributed by atoms with Crippen LogP contribution < -0.4 is 15.2 Å². The molecule has 1 saturated heterocycles. The first-order valence-electron chi connectivity index (χ1n) is 14.8. The Hall–Kier alpha value is -3.93. The van der Waals surface area contributed by atoms with Crippen molar-refractivity contribution in [3.63, 3.8) is 0 Å². The number of β-amino-alcohol motifs (C(OH)–C–C–N with tert-alkyl or cyclic N) is 1. The number of halogens is 3. The fraction of sp³-hybridized carbons (Fsp3) is 0.412. The highest BCUT2D eigenvalue weighted by atomic mass is 35.5. The number of primary amides is 1. The van der Waals surface area contributed by atoms with Crippen LogP contribution in [0.2, 0.25) is 5.02 Å². The number of amides is 2. The molecule has 246 valence electrons. The van der Waals surface area contributed by atoms with E-state index in [1.165, 1.54) is 24.0 Å². The number of rotatable bonds is 7. The van der Waals surface area contributed by atoms with Gasteiger partial charge in [0.25, 0.3) is 0 Å². The number of hydrogen-bond acceptors (Lipinski definition) is 7. The number of benzene rings is 3. The van der Waals surface area contributed by atoms with Crippen LogP contribution in [0.3, 0.4) is 0 Å². The quantitative estimate of drug-likeness (QED) is 0.295. The average molecular weight is 659 g/mol. The zero-order valence-corrected chi connectivity index (χ0v) is 27.0. The Balaban J connectivity index is 1.74. The molecule has 0 saturated carbocycles. The fourth-order valence-electron chi connectivity index (χ4n) is 6.25. The lowest BCUT2D eigenvalue weighted by molar-refractivity contribution is -0.0216. The standard InChI is InChI=1S/C34H37ClF2N2O7/c1-18(40)16-44-23-12-11-20(30(38)41)27(29(23)37)26-21-14-34(19-9-7-6-8-10-19,45-24(21)13-22(36)28(26)35)25-15-33(5,43)17-39(25)31(42)46-32(2,3)4/h6-13,18,25,40,43H,14-17H2,1-5H3,(H2,38,41)/t18-,25?,33?,34-/m0/s1. The fourth-order valence-corrected chi connectivity index (χ4v) is 6.51. The summed E-state index contributed by atoms with van der Waals surface area (Å²) in [6.07, 6.45) is -1.63. The number of ether oxygens (including phenoxy) is 3. The number of aliphatic hydroxyl groups is 2. The second-order valence-corrected chi connectivity index (χ2v) is 13.6. The highest BCUT2D eigenvalue weighted by Crippen LogP contribution is 2.54. The third-order valence-corrected chi connectivity index (χ3v) is 8.44. The maximum absolute atomic E-state index is 16.3. The van der Waals surface area contributed by atoms with E-state index >= 15 is 8.78 Å². The molecule has 2 amide bonds. The molecule has 3 aromatic rings. The SMILES string of the molecule is C[C@H](O)COc1ccc(C(N)=O)c(-c2c(Cl)c(F)cc3c2C[C@](c2ccccc2)(C2CC(C)(O)CN2C(=O)OC(C)(C)C)O3)c1F. The van der Waals surface area contributed by atoms with Gasteiger partial charge in [-0.1, -0.05) is 41.9 Å². The zero-order valence-electron chi connectivity index (χ0n) is 26.2. The number of fused-ring (bicyclic) bond motifs is 1. The molecule has 0 aromatic heterocycles. The number of nitrogens with two attached hydrogens (primary N) is 1. The van der Waals surface area contributed by atoms with Gasteiger partial charge in [-0.05, 0) is 52.3 Å². The van der Waals surface area contributed by atoms with Crippen molar-refractivity contribution in [2.75, 3.05) is 13.2 Å². The molecule has 0 bridgehead atoms. The topological polar surface area (TPSA) is 132 Å². The Kier molecular flexibility index (Phi) is 8.74. The Labute approximate surface area is 270 Å². The molecule has 2 aliphatic heterocycles. The molecule has 0 radical (unpaired) electrons.